The zero-order valence-electron chi connectivity index (χ0n) is 11.8. The van der Waals surface area contributed by atoms with E-state index in [1.165, 1.54) is 11.4 Å². The van der Waals surface area contributed by atoms with Crippen molar-refractivity contribution < 1.29 is 9.90 Å². The molecule has 102 valence electrons. The van der Waals surface area contributed by atoms with Crippen molar-refractivity contribution in [1.82, 2.24) is 4.57 Å². The Hall–Kier alpha value is -1.25. The Kier molecular flexibility index (Phi) is 5.96. The van der Waals surface area contributed by atoms with Crippen LogP contribution in [0.5, 0.6) is 0 Å². The average molecular weight is 251 g/mol. The van der Waals surface area contributed by atoms with Gasteiger partial charge in [-0.15, -0.1) is 0 Å². The lowest BCUT2D eigenvalue weighted by Gasteiger charge is -2.17. The fourth-order valence-electron chi connectivity index (χ4n) is 2.53. The van der Waals surface area contributed by atoms with Crippen molar-refractivity contribution in [2.45, 2.75) is 59.4 Å². The molecule has 1 heterocycles. The molecule has 0 spiro atoms. The monoisotopic (exact) mass is 251 g/mol. The van der Waals surface area contributed by atoms with E-state index >= 15 is 0 Å². The van der Waals surface area contributed by atoms with Gasteiger partial charge in [-0.25, -0.2) is 0 Å². The molecule has 0 saturated heterocycles. The first-order valence-corrected chi connectivity index (χ1v) is 6.89. The van der Waals surface area contributed by atoms with Crippen LogP contribution in [0, 0.1) is 19.8 Å². The van der Waals surface area contributed by atoms with Crippen LogP contribution in [0.2, 0.25) is 0 Å². The second-order valence-corrected chi connectivity index (χ2v) is 5.14. The van der Waals surface area contributed by atoms with Gasteiger partial charge in [-0.05, 0) is 44.7 Å². The summed E-state index contributed by atoms with van der Waals surface area (Å²) in [4.78, 5) is 10.6. The Bertz CT molecular complexity index is 362. The zero-order valence-corrected chi connectivity index (χ0v) is 11.8. The molecule has 0 amide bonds. The number of carbonyl (C=O) groups is 1. The Morgan fingerprint density at radius 1 is 1.22 bits per heavy atom. The molecule has 0 aliphatic heterocycles. The molecule has 0 aliphatic rings. The molecule has 1 unspecified atom stereocenters. The second kappa shape index (κ2) is 7.24. The highest BCUT2D eigenvalue weighted by molar-refractivity contribution is 5.66. The van der Waals surface area contributed by atoms with Crippen LogP contribution < -0.4 is 0 Å². The highest BCUT2D eigenvalue weighted by Crippen LogP contribution is 2.20. The normalized spacial score (nSPS) is 12.6. The standard InChI is InChI=1S/C15H25NO2/c1-4-5-14(8-9-15(17)18)10-11-16-12(2)6-7-13(16)3/h6-7,14H,4-5,8-11H2,1-3H3,(H,17,18). The fourth-order valence-corrected chi connectivity index (χ4v) is 2.53. The number of carboxylic acids is 1. The molecule has 1 N–H and O–H groups in total. The number of rotatable bonds is 8. The van der Waals surface area contributed by atoms with Crippen molar-refractivity contribution in [3.63, 3.8) is 0 Å². The van der Waals surface area contributed by atoms with E-state index in [0.29, 0.717) is 12.3 Å². The molecular formula is C15H25NO2. The third-order valence-electron chi connectivity index (χ3n) is 3.64. The number of hydrogen-bond donors (Lipinski definition) is 1. The van der Waals surface area contributed by atoms with E-state index in [2.05, 4.69) is 37.5 Å². The SMILES string of the molecule is CCCC(CCC(=O)O)CCn1c(C)ccc1C. The van der Waals surface area contributed by atoms with Gasteiger partial charge in [-0.1, -0.05) is 19.8 Å². The quantitative estimate of drug-likeness (QED) is 0.764. The minimum atomic E-state index is -0.676. The molecule has 0 aliphatic carbocycles. The Morgan fingerprint density at radius 2 is 1.83 bits per heavy atom. The maximum absolute atomic E-state index is 10.6. The largest absolute Gasteiger partial charge is 0.481 e. The first-order chi connectivity index (χ1) is 8.54. The third kappa shape index (κ3) is 4.55. The van der Waals surface area contributed by atoms with E-state index in [1.54, 1.807) is 0 Å². The van der Waals surface area contributed by atoms with Gasteiger partial charge in [-0.2, -0.15) is 0 Å². The highest BCUT2D eigenvalue weighted by atomic mass is 16.4. The van der Waals surface area contributed by atoms with Gasteiger partial charge in [-0.3, -0.25) is 4.79 Å². The Balaban J connectivity index is 2.48. The highest BCUT2D eigenvalue weighted by Gasteiger charge is 2.11. The molecule has 1 atom stereocenters. The third-order valence-corrected chi connectivity index (χ3v) is 3.64. The van der Waals surface area contributed by atoms with Crippen LogP contribution in [0.25, 0.3) is 0 Å². The van der Waals surface area contributed by atoms with Crippen molar-refractivity contribution in [2.75, 3.05) is 0 Å². The lowest BCUT2D eigenvalue weighted by Crippen LogP contribution is -2.10. The molecule has 0 radical (unpaired) electrons. The lowest BCUT2D eigenvalue weighted by atomic mass is 9.94. The maximum atomic E-state index is 10.6. The van der Waals surface area contributed by atoms with E-state index < -0.39 is 5.97 Å². The molecule has 0 aromatic carbocycles. The Morgan fingerprint density at radius 3 is 2.33 bits per heavy atom. The van der Waals surface area contributed by atoms with Gasteiger partial charge in [0.15, 0.2) is 0 Å². The van der Waals surface area contributed by atoms with Crippen LogP contribution in [0.4, 0.5) is 0 Å². The molecule has 3 heteroatoms. The summed E-state index contributed by atoms with van der Waals surface area (Å²) in [6.07, 6.45) is 4.45. The van der Waals surface area contributed by atoms with Crippen LogP contribution in [0.15, 0.2) is 12.1 Å². The van der Waals surface area contributed by atoms with E-state index in [4.69, 9.17) is 5.11 Å². The van der Waals surface area contributed by atoms with Crippen LogP contribution in [0.1, 0.15) is 50.4 Å². The molecular weight excluding hydrogens is 226 g/mol. The number of aliphatic carboxylic acids is 1. The number of hydrogen-bond acceptors (Lipinski definition) is 1. The van der Waals surface area contributed by atoms with Gasteiger partial charge < -0.3 is 9.67 Å². The van der Waals surface area contributed by atoms with Gasteiger partial charge in [0.05, 0.1) is 0 Å². The predicted molar refractivity (Wildman–Crippen MR) is 73.8 cm³/mol. The van der Waals surface area contributed by atoms with Gasteiger partial charge in [0, 0.05) is 24.4 Å². The van der Waals surface area contributed by atoms with E-state index in [9.17, 15) is 4.79 Å². The summed E-state index contributed by atoms with van der Waals surface area (Å²) in [6.45, 7) is 7.42. The molecule has 1 aromatic rings. The van der Waals surface area contributed by atoms with Crippen molar-refractivity contribution in [2.24, 2.45) is 5.92 Å². The summed E-state index contributed by atoms with van der Waals surface area (Å²) < 4.78 is 2.32. The molecule has 18 heavy (non-hydrogen) atoms. The minimum absolute atomic E-state index is 0.300. The van der Waals surface area contributed by atoms with Crippen molar-refractivity contribution in [3.05, 3.63) is 23.5 Å². The van der Waals surface area contributed by atoms with Crippen molar-refractivity contribution >= 4 is 5.97 Å². The first-order valence-electron chi connectivity index (χ1n) is 6.89. The number of carboxylic acid groups (broad SMARTS) is 1. The van der Waals surface area contributed by atoms with Gasteiger partial charge in [0.2, 0.25) is 0 Å². The lowest BCUT2D eigenvalue weighted by molar-refractivity contribution is -0.137. The summed E-state index contributed by atoms with van der Waals surface area (Å²) in [7, 11) is 0. The van der Waals surface area contributed by atoms with Crippen LogP contribution in [-0.4, -0.2) is 15.6 Å². The number of nitrogens with zero attached hydrogens (tertiary/aromatic N) is 1. The number of aromatic nitrogens is 1. The summed E-state index contributed by atoms with van der Waals surface area (Å²) in [5.74, 6) is -0.142. The zero-order chi connectivity index (χ0) is 13.5. The summed E-state index contributed by atoms with van der Waals surface area (Å²) in [6, 6.07) is 4.28. The Labute approximate surface area is 110 Å². The minimum Gasteiger partial charge on any atom is -0.481 e. The summed E-state index contributed by atoms with van der Waals surface area (Å²) in [5, 5.41) is 8.77. The molecule has 0 saturated carbocycles. The summed E-state index contributed by atoms with van der Waals surface area (Å²) in [5.41, 5.74) is 2.59. The van der Waals surface area contributed by atoms with Crippen LogP contribution in [-0.2, 0) is 11.3 Å². The van der Waals surface area contributed by atoms with E-state index in [0.717, 1.165) is 32.2 Å². The maximum Gasteiger partial charge on any atom is 0.303 e. The molecule has 3 nitrogen and oxygen atoms in total. The first kappa shape index (κ1) is 14.8. The predicted octanol–water partition coefficient (Wildman–Crippen LogP) is 3.78. The molecule has 1 aromatic heterocycles. The van der Waals surface area contributed by atoms with E-state index in [1.807, 2.05) is 0 Å². The molecule has 1 rings (SSSR count). The smallest absolute Gasteiger partial charge is 0.303 e. The molecule has 0 fully saturated rings. The molecule has 0 bridgehead atoms. The van der Waals surface area contributed by atoms with Crippen molar-refractivity contribution in [3.8, 4) is 0 Å². The van der Waals surface area contributed by atoms with Crippen LogP contribution >= 0.6 is 0 Å². The average Bonchev–Trinajstić information content (AvgIpc) is 2.63. The fraction of sp³-hybridized carbons (Fsp3) is 0.667. The second-order valence-electron chi connectivity index (χ2n) is 5.14. The van der Waals surface area contributed by atoms with Gasteiger partial charge in [0.25, 0.3) is 0 Å². The van der Waals surface area contributed by atoms with Crippen molar-refractivity contribution in [1.29, 1.82) is 0 Å². The van der Waals surface area contributed by atoms with Gasteiger partial charge in [0.1, 0.15) is 0 Å². The summed E-state index contributed by atoms with van der Waals surface area (Å²) >= 11 is 0. The van der Waals surface area contributed by atoms with Crippen LogP contribution in [0.3, 0.4) is 0 Å². The number of aryl methyl sites for hydroxylation is 2. The van der Waals surface area contributed by atoms with E-state index in [-0.39, 0.29) is 0 Å². The van der Waals surface area contributed by atoms with Gasteiger partial charge >= 0.3 is 5.97 Å². The topological polar surface area (TPSA) is 42.2 Å².